The van der Waals surface area contributed by atoms with Gasteiger partial charge in [0.1, 0.15) is 17.8 Å². The highest BCUT2D eigenvalue weighted by molar-refractivity contribution is 5.95. The summed E-state index contributed by atoms with van der Waals surface area (Å²) in [5.41, 5.74) is 5.73. The Hall–Kier alpha value is -4.28. The molecule has 10 nitrogen and oxygen atoms in total. The van der Waals surface area contributed by atoms with Crippen LogP contribution in [-0.2, 0) is 4.79 Å². The third kappa shape index (κ3) is 5.99. The van der Waals surface area contributed by atoms with E-state index in [9.17, 15) is 9.59 Å². The molecule has 0 bridgehead atoms. The molecule has 180 valence electrons. The van der Waals surface area contributed by atoms with Gasteiger partial charge in [0.15, 0.2) is 0 Å². The van der Waals surface area contributed by atoms with Gasteiger partial charge in [0, 0.05) is 30.4 Å². The lowest BCUT2D eigenvalue weighted by molar-refractivity contribution is -0.128. The molecular formula is C25H27N7O3. The Morgan fingerprint density at radius 3 is 2.54 bits per heavy atom. The Kier molecular flexibility index (Phi) is 7.66. The summed E-state index contributed by atoms with van der Waals surface area (Å²) < 4.78 is 0. The van der Waals surface area contributed by atoms with Gasteiger partial charge in [0.25, 0.3) is 11.8 Å². The molecule has 0 fully saturated rings. The van der Waals surface area contributed by atoms with Crippen LogP contribution in [0.15, 0.2) is 67.0 Å². The fourth-order valence-corrected chi connectivity index (χ4v) is 3.65. The summed E-state index contributed by atoms with van der Waals surface area (Å²) in [7, 11) is 0. The zero-order valence-corrected chi connectivity index (χ0v) is 19.2. The van der Waals surface area contributed by atoms with Crippen molar-refractivity contribution in [3.63, 3.8) is 0 Å². The number of hydrogen-bond donors (Lipinski definition) is 6. The van der Waals surface area contributed by atoms with Crippen LogP contribution in [0.2, 0.25) is 0 Å². The molecule has 1 atom stereocenters. The van der Waals surface area contributed by atoms with Crippen molar-refractivity contribution in [2.45, 2.75) is 13.0 Å². The smallest absolute Gasteiger partial charge is 0.257 e. The van der Waals surface area contributed by atoms with Crippen molar-refractivity contribution in [1.29, 1.82) is 0 Å². The second kappa shape index (κ2) is 11.2. The molecule has 2 aromatic carbocycles. The van der Waals surface area contributed by atoms with Gasteiger partial charge in [-0.25, -0.2) is 15.4 Å². The molecule has 0 aliphatic carbocycles. The number of rotatable bonds is 10. The summed E-state index contributed by atoms with van der Waals surface area (Å²) in [6.07, 6.45) is 1.53. The second-order valence-electron chi connectivity index (χ2n) is 7.99. The number of fused-ring (bicyclic) bond motifs is 1. The van der Waals surface area contributed by atoms with Crippen LogP contribution in [0.25, 0.3) is 22.3 Å². The Morgan fingerprint density at radius 1 is 1.03 bits per heavy atom. The number of aromatic amines is 1. The Labute approximate surface area is 202 Å². The molecule has 0 aliphatic heterocycles. The molecule has 0 aliphatic rings. The number of carbonyl (C=O) groups is 2. The SMILES string of the molecule is C[C@@H](Nc1ncnc2[nH]c(-c3ccc(C(=O)NCCNCC(=O)NO)cc3)cc12)c1ccccc1. The van der Waals surface area contributed by atoms with Gasteiger partial charge in [-0.2, -0.15) is 0 Å². The maximum atomic E-state index is 12.4. The van der Waals surface area contributed by atoms with Crippen molar-refractivity contribution in [3.8, 4) is 11.3 Å². The van der Waals surface area contributed by atoms with Crippen molar-refractivity contribution in [2.24, 2.45) is 0 Å². The first-order valence-corrected chi connectivity index (χ1v) is 11.2. The van der Waals surface area contributed by atoms with E-state index in [2.05, 4.69) is 50.0 Å². The topological polar surface area (TPSA) is 144 Å². The molecule has 6 N–H and O–H groups in total. The molecule has 0 saturated heterocycles. The number of H-pyrrole nitrogens is 1. The lowest BCUT2D eigenvalue weighted by atomic mass is 10.1. The highest BCUT2D eigenvalue weighted by Gasteiger charge is 2.13. The zero-order chi connectivity index (χ0) is 24.6. The van der Waals surface area contributed by atoms with E-state index in [0.29, 0.717) is 18.7 Å². The van der Waals surface area contributed by atoms with Crippen molar-refractivity contribution in [1.82, 2.24) is 31.1 Å². The van der Waals surface area contributed by atoms with E-state index in [4.69, 9.17) is 5.21 Å². The number of carbonyl (C=O) groups excluding carboxylic acids is 2. The number of aromatic nitrogens is 3. The van der Waals surface area contributed by atoms with Gasteiger partial charge >= 0.3 is 0 Å². The standard InChI is InChI=1S/C25H27N7O3/c1-16(17-5-3-2-4-6-17)30-23-20-13-21(31-24(20)29-15-28-23)18-7-9-19(10-8-18)25(34)27-12-11-26-14-22(33)32-35/h2-10,13,15-16,26,35H,11-12,14H2,1H3,(H,27,34)(H,32,33)(H2,28,29,30,31)/t16-/m1/s1. The number of nitrogens with zero attached hydrogens (tertiary/aromatic N) is 2. The van der Waals surface area contributed by atoms with Crippen molar-refractivity contribution in [3.05, 3.63) is 78.1 Å². The Morgan fingerprint density at radius 2 is 1.80 bits per heavy atom. The minimum atomic E-state index is -0.538. The minimum Gasteiger partial charge on any atom is -0.363 e. The van der Waals surface area contributed by atoms with E-state index in [1.54, 1.807) is 12.1 Å². The van der Waals surface area contributed by atoms with Gasteiger partial charge in [-0.15, -0.1) is 0 Å². The average Bonchev–Trinajstić information content (AvgIpc) is 3.34. The van der Waals surface area contributed by atoms with Gasteiger partial charge in [-0.1, -0.05) is 42.5 Å². The molecule has 10 heteroatoms. The van der Waals surface area contributed by atoms with Gasteiger partial charge in [-0.05, 0) is 36.2 Å². The maximum Gasteiger partial charge on any atom is 0.257 e. The summed E-state index contributed by atoms with van der Waals surface area (Å²) in [5, 5.41) is 18.4. The molecule has 4 aromatic rings. The molecule has 4 rings (SSSR count). The lowest BCUT2D eigenvalue weighted by Crippen LogP contribution is -2.37. The van der Waals surface area contributed by atoms with Crippen LogP contribution >= 0.6 is 0 Å². The lowest BCUT2D eigenvalue weighted by Gasteiger charge is -2.15. The number of amides is 2. The molecule has 2 aromatic heterocycles. The normalized spacial score (nSPS) is 11.7. The van der Waals surface area contributed by atoms with Crippen molar-refractivity contribution >= 4 is 28.7 Å². The molecule has 0 radical (unpaired) electrons. The zero-order valence-electron chi connectivity index (χ0n) is 19.2. The number of anilines is 1. The van der Waals surface area contributed by atoms with E-state index >= 15 is 0 Å². The molecule has 2 heterocycles. The average molecular weight is 474 g/mol. The van der Waals surface area contributed by atoms with E-state index in [-0.39, 0.29) is 18.5 Å². The number of hydrogen-bond acceptors (Lipinski definition) is 7. The van der Waals surface area contributed by atoms with Crippen LogP contribution < -0.4 is 21.4 Å². The summed E-state index contributed by atoms with van der Waals surface area (Å²) >= 11 is 0. The van der Waals surface area contributed by atoms with Gasteiger partial charge in [0.2, 0.25) is 0 Å². The summed E-state index contributed by atoms with van der Waals surface area (Å²) in [6, 6.07) is 19.5. The predicted octanol–water partition coefficient (Wildman–Crippen LogP) is 2.62. The van der Waals surface area contributed by atoms with E-state index in [1.165, 1.54) is 11.8 Å². The predicted molar refractivity (Wildman–Crippen MR) is 133 cm³/mol. The van der Waals surface area contributed by atoms with Gasteiger partial charge in [-0.3, -0.25) is 14.8 Å². The quantitative estimate of drug-likeness (QED) is 0.118. The summed E-state index contributed by atoms with van der Waals surface area (Å²) in [4.78, 5) is 35.4. The fourth-order valence-electron chi connectivity index (χ4n) is 3.65. The molecule has 35 heavy (non-hydrogen) atoms. The van der Waals surface area contributed by atoms with Crippen molar-refractivity contribution < 1.29 is 14.8 Å². The first-order valence-electron chi connectivity index (χ1n) is 11.2. The van der Waals surface area contributed by atoms with Crippen LogP contribution in [0.3, 0.4) is 0 Å². The molecule has 2 amide bonds. The van der Waals surface area contributed by atoms with Crippen LogP contribution in [0.4, 0.5) is 5.82 Å². The Balaban J connectivity index is 1.41. The van der Waals surface area contributed by atoms with E-state index in [0.717, 1.165) is 33.7 Å². The monoisotopic (exact) mass is 473 g/mol. The number of nitrogens with one attached hydrogen (secondary N) is 5. The molecule has 0 unspecified atom stereocenters. The molecule has 0 saturated carbocycles. The number of benzene rings is 2. The van der Waals surface area contributed by atoms with E-state index in [1.807, 2.05) is 36.4 Å². The van der Waals surface area contributed by atoms with Gasteiger partial charge < -0.3 is 20.9 Å². The van der Waals surface area contributed by atoms with Crippen molar-refractivity contribution in [2.75, 3.05) is 25.0 Å². The van der Waals surface area contributed by atoms with Crippen LogP contribution in [-0.4, -0.2) is 51.6 Å². The maximum absolute atomic E-state index is 12.4. The highest BCUT2D eigenvalue weighted by Crippen LogP contribution is 2.29. The fraction of sp³-hybridized carbons (Fsp3) is 0.200. The summed E-state index contributed by atoms with van der Waals surface area (Å²) in [6.45, 7) is 2.80. The second-order valence-corrected chi connectivity index (χ2v) is 7.99. The first kappa shape index (κ1) is 23.9. The highest BCUT2D eigenvalue weighted by atomic mass is 16.5. The third-order valence-electron chi connectivity index (χ3n) is 5.53. The number of hydroxylamine groups is 1. The largest absolute Gasteiger partial charge is 0.363 e. The summed E-state index contributed by atoms with van der Waals surface area (Å²) in [5.74, 6) is -0.00716. The molecular weight excluding hydrogens is 446 g/mol. The van der Waals surface area contributed by atoms with Crippen LogP contribution in [0, 0.1) is 0 Å². The molecule has 0 spiro atoms. The first-order chi connectivity index (χ1) is 17.0. The van der Waals surface area contributed by atoms with Gasteiger partial charge in [0.05, 0.1) is 11.9 Å². The van der Waals surface area contributed by atoms with Crippen LogP contribution in [0.5, 0.6) is 0 Å². The Bertz CT molecular complexity index is 1290. The minimum absolute atomic E-state index is 0.0294. The third-order valence-corrected chi connectivity index (χ3v) is 5.53. The van der Waals surface area contributed by atoms with E-state index < -0.39 is 5.91 Å². The van der Waals surface area contributed by atoms with Crippen LogP contribution in [0.1, 0.15) is 28.9 Å².